The number of rotatable bonds is 8. The highest BCUT2D eigenvalue weighted by Gasteiger charge is 2.30. The van der Waals surface area contributed by atoms with Crippen molar-refractivity contribution in [3.8, 4) is 0 Å². The maximum atomic E-state index is 11.6. The van der Waals surface area contributed by atoms with Gasteiger partial charge in [0, 0.05) is 27.2 Å². The predicted molar refractivity (Wildman–Crippen MR) is 60.9 cm³/mol. The van der Waals surface area contributed by atoms with Crippen molar-refractivity contribution < 1.29 is 23.7 Å². The molecule has 6 nitrogen and oxygen atoms in total. The lowest BCUT2D eigenvalue weighted by Crippen LogP contribution is -2.33. The second kappa shape index (κ2) is 8.41. The van der Waals surface area contributed by atoms with E-state index in [1.165, 1.54) is 0 Å². The Morgan fingerprint density at radius 2 is 2.00 bits per heavy atom. The van der Waals surface area contributed by atoms with Gasteiger partial charge in [-0.1, -0.05) is 0 Å². The third kappa shape index (κ3) is 5.45. The SMILES string of the molecule is COCCOCCOC(=O)C1CC(OC)CN1. The number of hydrogen-bond donors (Lipinski definition) is 1. The van der Waals surface area contributed by atoms with Crippen LogP contribution in [0.3, 0.4) is 0 Å². The molecule has 2 atom stereocenters. The van der Waals surface area contributed by atoms with Crippen LogP contribution in [0.25, 0.3) is 0 Å². The molecule has 1 heterocycles. The molecule has 0 amide bonds. The summed E-state index contributed by atoms with van der Waals surface area (Å²) in [5.74, 6) is -0.236. The molecule has 6 heteroatoms. The average molecular weight is 247 g/mol. The fourth-order valence-electron chi connectivity index (χ4n) is 1.61. The summed E-state index contributed by atoms with van der Waals surface area (Å²) in [6.45, 7) is 2.43. The lowest BCUT2D eigenvalue weighted by atomic mass is 10.2. The molecule has 1 aliphatic rings. The summed E-state index contributed by atoms with van der Waals surface area (Å²) < 4.78 is 20.2. The maximum Gasteiger partial charge on any atom is 0.323 e. The molecule has 0 aromatic carbocycles. The van der Waals surface area contributed by atoms with Gasteiger partial charge in [-0.3, -0.25) is 4.79 Å². The normalized spacial score (nSPS) is 23.9. The number of esters is 1. The molecule has 0 aromatic heterocycles. The number of methoxy groups -OCH3 is 2. The third-order valence-electron chi connectivity index (χ3n) is 2.61. The third-order valence-corrected chi connectivity index (χ3v) is 2.61. The fraction of sp³-hybridized carbons (Fsp3) is 0.909. The molecule has 0 saturated carbocycles. The monoisotopic (exact) mass is 247 g/mol. The molecule has 0 spiro atoms. The molecule has 1 saturated heterocycles. The van der Waals surface area contributed by atoms with E-state index >= 15 is 0 Å². The molecule has 17 heavy (non-hydrogen) atoms. The van der Waals surface area contributed by atoms with Gasteiger partial charge in [-0.05, 0) is 0 Å². The summed E-state index contributed by atoms with van der Waals surface area (Å²) in [6.07, 6.45) is 0.769. The van der Waals surface area contributed by atoms with E-state index < -0.39 is 0 Å². The Kier molecular flexibility index (Phi) is 7.11. The molecule has 0 radical (unpaired) electrons. The Morgan fingerprint density at radius 3 is 2.65 bits per heavy atom. The van der Waals surface area contributed by atoms with Crippen LogP contribution in [0.15, 0.2) is 0 Å². The van der Waals surface area contributed by atoms with Crippen molar-refractivity contribution in [1.29, 1.82) is 0 Å². The van der Waals surface area contributed by atoms with E-state index in [4.69, 9.17) is 18.9 Å². The zero-order valence-corrected chi connectivity index (χ0v) is 10.4. The van der Waals surface area contributed by atoms with Crippen LogP contribution in [-0.2, 0) is 23.7 Å². The van der Waals surface area contributed by atoms with Crippen molar-refractivity contribution in [2.45, 2.75) is 18.6 Å². The van der Waals surface area contributed by atoms with E-state index in [-0.39, 0.29) is 24.7 Å². The molecule has 2 unspecified atom stereocenters. The standard InChI is InChI=1S/C11H21NO5/c1-14-3-4-16-5-6-17-11(13)10-7-9(15-2)8-12-10/h9-10,12H,3-8H2,1-2H3. The van der Waals surface area contributed by atoms with Crippen LogP contribution in [0.1, 0.15) is 6.42 Å². The fourth-order valence-corrected chi connectivity index (χ4v) is 1.61. The van der Waals surface area contributed by atoms with Crippen molar-refractivity contribution in [3.05, 3.63) is 0 Å². The number of nitrogens with one attached hydrogen (secondary N) is 1. The van der Waals surface area contributed by atoms with Crippen LogP contribution in [0, 0.1) is 0 Å². The van der Waals surface area contributed by atoms with E-state index in [0.29, 0.717) is 32.8 Å². The van der Waals surface area contributed by atoms with Gasteiger partial charge < -0.3 is 24.3 Å². The van der Waals surface area contributed by atoms with Crippen LogP contribution >= 0.6 is 0 Å². The van der Waals surface area contributed by atoms with E-state index in [1.54, 1.807) is 14.2 Å². The average Bonchev–Trinajstić information content (AvgIpc) is 2.82. The molecule has 1 N–H and O–H groups in total. The smallest absolute Gasteiger partial charge is 0.323 e. The molecule has 1 rings (SSSR count). The van der Waals surface area contributed by atoms with Gasteiger partial charge in [0.1, 0.15) is 12.6 Å². The minimum Gasteiger partial charge on any atom is -0.462 e. The highest BCUT2D eigenvalue weighted by Crippen LogP contribution is 2.10. The lowest BCUT2D eigenvalue weighted by molar-refractivity contribution is -0.147. The molecule has 1 fully saturated rings. The number of carbonyl (C=O) groups excluding carboxylic acids is 1. The minimum absolute atomic E-state index is 0.102. The summed E-state index contributed by atoms with van der Waals surface area (Å²) in [5.41, 5.74) is 0. The van der Waals surface area contributed by atoms with Crippen molar-refractivity contribution in [1.82, 2.24) is 5.32 Å². The Bertz CT molecular complexity index is 224. The molecule has 0 aliphatic carbocycles. The maximum absolute atomic E-state index is 11.6. The quantitative estimate of drug-likeness (QED) is 0.464. The Morgan fingerprint density at radius 1 is 1.24 bits per heavy atom. The summed E-state index contributed by atoms with van der Waals surface area (Å²) >= 11 is 0. The van der Waals surface area contributed by atoms with Crippen LogP contribution in [0.2, 0.25) is 0 Å². The Hall–Kier alpha value is -0.690. The van der Waals surface area contributed by atoms with Crippen LogP contribution < -0.4 is 5.32 Å². The van der Waals surface area contributed by atoms with Gasteiger partial charge in [-0.15, -0.1) is 0 Å². The molecular weight excluding hydrogens is 226 g/mol. The van der Waals surface area contributed by atoms with Gasteiger partial charge >= 0.3 is 5.97 Å². The van der Waals surface area contributed by atoms with Crippen LogP contribution in [0.5, 0.6) is 0 Å². The second-order valence-electron chi connectivity index (χ2n) is 3.83. The van der Waals surface area contributed by atoms with Gasteiger partial charge in [0.25, 0.3) is 0 Å². The number of ether oxygens (including phenoxy) is 4. The highest BCUT2D eigenvalue weighted by molar-refractivity contribution is 5.76. The van der Waals surface area contributed by atoms with Crippen LogP contribution in [0.4, 0.5) is 0 Å². The van der Waals surface area contributed by atoms with E-state index in [2.05, 4.69) is 5.32 Å². The van der Waals surface area contributed by atoms with Crippen molar-refractivity contribution in [2.75, 3.05) is 47.2 Å². The molecular formula is C11H21NO5. The minimum atomic E-state index is -0.251. The first kappa shape index (κ1) is 14.4. The second-order valence-corrected chi connectivity index (χ2v) is 3.83. The number of carbonyl (C=O) groups is 1. The molecule has 0 aromatic rings. The zero-order chi connectivity index (χ0) is 12.5. The first-order valence-electron chi connectivity index (χ1n) is 5.77. The molecule has 0 bridgehead atoms. The van der Waals surface area contributed by atoms with E-state index in [0.717, 1.165) is 0 Å². The van der Waals surface area contributed by atoms with Gasteiger partial charge in [-0.25, -0.2) is 0 Å². The van der Waals surface area contributed by atoms with Crippen LogP contribution in [-0.4, -0.2) is 65.3 Å². The predicted octanol–water partition coefficient (Wildman–Crippen LogP) is -0.430. The Labute approximate surface area is 102 Å². The van der Waals surface area contributed by atoms with Crippen molar-refractivity contribution in [3.63, 3.8) is 0 Å². The molecule has 1 aliphatic heterocycles. The largest absolute Gasteiger partial charge is 0.462 e. The van der Waals surface area contributed by atoms with Gasteiger partial charge in [-0.2, -0.15) is 0 Å². The molecule has 100 valence electrons. The van der Waals surface area contributed by atoms with Crippen molar-refractivity contribution in [2.24, 2.45) is 0 Å². The first-order chi connectivity index (χ1) is 8.27. The van der Waals surface area contributed by atoms with Gasteiger partial charge in [0.05, 0.1) is 25.9 Å². The van der Waals surface area contributed by atoms with Gasteiger partial charge in [0.15, 0.2) is 0 Å². The highest BCUT2D eigenvalue weighted by atomic mass is 16.6. The summed E-state index contributed by atoms with van der Waals surface area (Å²) in [5, 5.41) is 3.06. The lowest BCUT2D eigenvalue weighted by Gasteiger charge is -2.10. The van der Waals surface area contributed by atoms with Gasteiger partial charge in [0.2, 0.25) is 0 Å². The summed E-state index contributed by atoms with van der Waals surface area (Å²) in [4.78, 5) is 11.6. The Balaban J connectivity index is 2.01. The zero-order valence-electron chi connectivity index (χ0n) is 10.4. The van der Waals surface area contributed by atoms with Crippen molar-refractivity contribution >= 4 is 5.97 Å². The first-order valence-corrected chi connectivity index (χ1v) is 5.77. The van der Waals surface area contributed by atoms with E-state index in [9.17, 15) is 4.79 Å². The summed E-state index contributed by atoms with van der Waals surface area (Å²) in [7, 11) is 3.26. The number of hydrogen-bond acceptors (Lipinski definition) is 6. The summed E-state index contributed by atoms with van der Waals surface area (Å²) in [6, 6.07) is -0.251. The van der Waals surface area contributed by atoms with E-state index in [1.807, 2.05) is 0 Å². The topological polar surface area (TPSA) is 66.0 Å².